The Balaban J connectivity index is 1.88. The summed E-state index contributed by atoms with van der Waals surface area (Å²) in [7, 11) is 0. The molecule has 0 spiro atoms. The molecular weight excluding hydrogens is 258 g/mol. The van der Waals surface area contributed by atoms with Gasteiger partial charge < -0.3 is 15.8 Å². The predicted octanol–water partition coefficient (Wildman–Crippen LogP) is 0.868. The van der Waals surface area contributed by atoms with Crippen LogP contribution in [-0.4, -0.2) is 44.3 Å². The number of nitrogens with one attached hydrogen (secondary N) is 1. The van der Waals surface area contributed by atoms with Crippen molar-refractivity contribution >= 4 is 11.9 Å². The van der Waals surface area contributed by atoms with E-state index < -0.39 is 0 Å². The molecule has 0 saturated carbocycles. The molecule has 8 nitrogen and oxygen atoms in total. The standard InChI is InChI=1S/C12H19N7O/c1-2-7-20-8-3-4-15-11-16-10(13)17-12(18-11)19-6-5-14-9-19/h5-6,9H,2-4,7-8H2,1H3,(H3,13,15,16,17,18). The molecule has 8 heteroatoms. The third-order valence-corrected chi connectivity index (χ3v) is 2.47. The number of anilines is 2. The molecule has 0 fully saturated rings. The Bertz CT molecular complexity index is 515. The molecule has 0 bridgehead atoms. The van der Waals surface area contributed by atoms with Gasteiger partial charge >= 0.3 is 0 Å². The van der Waals surface area contributed by atoms with Crippen molar-refractivity contribution in [2.24, 2.45) is 0 Å². The number of nitrogens with two attached hydrogens (primary N) is 1. The minimum absolute atomic E-state index is 0.174. The number of imidazole rings is 1. The molecule has 0 saturated heterocycles. The smallest absolute Gasteiger partial charge is 0.241 e. The second-order valence-corrected chi connectivity index (χ2v) is 4.18. The van der Waals surface area contributed by atoms with Crippen molar-refractivity contribution in [1.82, 2.24) is 24.5 Å². The van der Waals surface area contributed by atoms with Crippen molar-refractivity contribution in [3.05, 3.63) is 18.7 Å². The molecule has 0 aromatic carbocycles. The topological polar surface area (TPSA) is 104 Å². The van der Waals surface area contributed by atoms with Crippen LogP contribution >= 0.6 is 0 Å². The van der Waals surface area contributed by atoms with Crippen LogP contribution in [0, 0.1) is 0 Å². The molecule has 0 radical (unpaired) electrons. The van der Waals surface area contributed by atoms with Crippen molar-refractivity contribution in [1.29, 1.82) is 0 Å². The van der Waals surface area contributed by atoms with Crippen LogP contribution in [0.2, 0.25) is 0 Å². The lowest BCUT2D eigenvalue weighted by atomic mass is 10.4. The van der Waals surface area contributed by atoms with Gasteiger partial charge in [-0.05, 0) is 12.8 Å². The molecule has 2 aromatic rings. The number of nitrogen functional groups attached to an aromatic ring is 1. The van der Waals surface area contributed by atoms with Crippen molar-refractivity contribution < 1.29 is 4.74 Å². The maximum Gasteiger partial charge on any atom is 0.241 e. The van der Waals surface area contributed by atoms with Crippen LogP contribution < -0.4 is 11.1 Å². The second kappa shape index (κ2) is 7.39. The first-order valence-corrected chi connectivity index (χ1v) is 6.61. The summed E-state index contributed by atoms with van der Waals surface area (Å²) in [5.74, 6) is 1.07. The number of hydrogen-bond donors (Lipinski definition) is 2. The maximum atomic E-state index is 5.67. The van der Waals surface area contributed by atoms with Gasteiger partial charge in [0.05, 0.1) is 0 Å². The lowest BCUT2D eigenvalue weighted by Gasteiger charge is -2.07. The van der Waals surface area contributed by atoms with E-state index in [0.29, 0.717) is 11.9 Å². The van der Waals surface area contributed by atoms with E-state index in [0.717, 1.165) is 32.6 Å². The Labute approximate surface area is 117 Å². The molecule has 3 N–H and O–H groups in total. The van der Waals surface area contributed by atoms with E-state index in [9.17, 15) is 0 Å². The van der Waals surface area contributed by atoms with Gasteiger partial charge in [0.25, 0.3) is 0 Å². The zero-order valence-corrected chi connectivity index (χ0v) is 11.5. The normalized spacial score (nSPS) is 10.7. The summed E-state index contributed by atoms with van der Waals surface area (Å²) in [6.45, 7) is 4.32. The van der Waals surface area contributed by atoms with Gasteiger partial charge in [-0.15, -0.1) is 0 Å². The van der Waals surface area contributed by atoms with Gasteiger partial charge in [0.15, 0.2) is 0 Å². The first-order valence-electron chi connectivity index (χ1n) is 6.61. The molecule has 2 rings (SSSR count). The fraction of sp³-hybridized carbons (Fsp3) is 0.500. The van der Waals surface area contributed by atoms with Gasteiger partial charge in [0.1, 0.15) is 6.33 Å². The van der Waals surface area contributed by atoms with Crippen molar-refractivity contribution in [3.8, 4) is 5.95 Å². The lowest BCUT2D eigenvalue weighted by Crippen LogP contribution is -2.12. The fourth-order valence-electron chi connectivity index (χ4n) is 1.57. The van der Waals surface area contributed by atoms with Crippen LogP contribution in [0.5, 0.6) is 0 Å². The average molecular weight is 277 g/mol. The molecule has 0 atom stereocenters. The highest BCUT2D eigenvalue weighted by atomic mass is 16.5. The summed E-state index contributed by atoms with van der Waals surface area (Å²) in [6.07, 6.45) is 6.92. The first-order chi connectivity index (χ1) is 9.79. The number of hydrogen-bond acceptors (Lipinski definition) is 7. The molecule has 0 unspecified atom stereocenters. The third kappa shape index (κ3) is 4.16. The minimum Gasteiger partial charge on any atom is -0.381 e. The van der Waals surface area contributed by atoms with E-state index in [1.807, 2.05) is 0 Å². The van der Waals surface area contributed by atoms with Crippen LogP contribution in [0.3, 0.4) is 0 Å². The summed E-state index contributed by atoms with van der Waals surface area (Å²) in [6, 6.07) is 0. The largest absolute Gasteiger partial charge is 0.381 e. The quantitative estimate of drug-likeness (QED) is 0.690. The first kappa shape index (κ1) is 14.2. The van der Waals surface area contributed by atoms with E-state index in [-0.39, 0.29) is 5.95 Å². The number of aromatic nitrogens is 5. The fourth-order valence-corrected chi connectivity index (χ4v) is 1.57. The van der Waals surface area contributed by atoms with Crippen molar-refractivity contribution in [3.63, 3.8) is 0 Å². The number of ether oxygens (including phenoxy) is 1. The molecule has 0 amide bonds. The molecule has 2 heterocycles. The van der Waals surface area contributed by atoms with Crippen LogP contribution in [-0.2, 0) is 4.74 Å². The van der Waals surface area contributed by atoms with E-state index in [4.69, 9.17) is 10.5 Å². The van der Waals surface area contributed by atoms with Gasteiger partial charge in [0, 0.05) is 32.2 Å². The Morgan fingerprint density at radius 2 is 2.20 bits per heavy atom. The Hall–Kier alpha value is -2.22. The summed E-state index contributed by atoms with van der Waals surface area (Å²) < 4.78 is 7.07. The summed E-state index contributed by atoms with van der Waals surface area (Å²) in [5.41, 5.74) is 5.67. The Morgan fingerprint density at radius 1 is 1.30 bits per heavy atom. The zero-order chi connectivity index (χ0) is 14.2. The molecule has 20 heavy (non-hydrogen) atoms. The van der Waals surface area contributed by atoms with Gasteiger partial charge in [-0.2, -0.15) is 15.0 Å². The Kier molecular flexibility index (Phi) is 5.24. The molecule has 0 aliphatic carbocycles. The summed E-state index contributed by atoms with van der Waals surface area (Å²) in [4.78, 5) is 16.3. The van der Waals surface area contributed by atoms with E-state index in [1.165, 1.54) is 0 Å². The lowest BCUT2D eigenvalue weighted by molar-refractivity contribution is 0.134. The zero-order valence-electron chi connectivity index (χ0n) is 11.5. The van der Waals surface area contributed by atoms with Crippen LogP contribution in [0.15, 0.2) is 18.7 Å². The highest BCUT2D eigenvalue weighted by Crippen LogP contribution is 2.06. The van der Waals surface area contributed by atoms with E-state index >= 15 is 0 Å². The molecule has 0 aliphatic heterocycles. The van der Waals surface area contributed by atoms with Crippen LogP contribution in [0.1, 0.15) is 19.8 Å². The summed E-state index contributed by atoms with van der Waals surface area (Å²) in [5, 5.41) is 3.11. The van der Waals surface area contributed by atoms with E-state index in [2.05, 4.69) is 32.2 Å². The molecule has 2 aromatic heterocycles. The number of rotatable bonds is 8. The summed E-state index contributed by atoms with van der Waals surface area (Å²) >= 11 is 0. The van der Waals surface area contributed by atoms with Gasteiger partial charge in [-0.1, -0.05) is 6.92 Å². The van der Waals surface area contributed by atoms with Crippen LogP contribution in [0.4, 0.5) is 11.9 Å². The van der Waals surface area contributed by atoms with Gasteiger partial charge in [0.2, 0.25) is 17.8 Å². The number of nitrogens with zero attached hydrogens (tertiary/aromatic N) is 5. The Morgan fingerprint density at radius 3 is 2.95 bits per heavy atom. The van der Waals surface area contributed by atoms with Gasteiger partial charge in [-0.3, -0.25) is 4.57 Å². The molecular formula is C12H19N7O. The highest BCUT2D eigenvalue weighted by Gasteiger charge is 2.05. The van der Waals surface area contributed by atoms with Crippen molar-refractivity contribution in [2.45, 2.75) is 19.8 Å². The maximum absolute atomic E-state index is 5.67. The SMILES string of the molecule is CCCOCCCNc1nc(N)nc(-n2ccnc2)n1. The third-order valence-electron chi connectivity index (χ3n) is 2.47. The highest BCUT2D eigenvalue weighted by molar-refractivity contribution is 5.34. The van der Waals surface area contributed by atoms with E-state index in [1.54, 1.807) is 23.3 Å². The van der Waals surface area contributed by atoms with Crippen LogP contribution in [0.25, 0.3) is 5.95 Å². The molecule has 0 aliphatic rings. The average Bonchev–Trinajstić information content (AvgIpc) is 2.96. The van der Waals surface area contributed by atoms with Gasteiger partial charge in [-0.25, -0.2) is 4.98 Å². The predicted molar refractivity (Wildman–Crippen MR) is 75.6 cm³/mol. The van der Waals surface area contributed by atoms with Crippen molar-refractivity contribution in [2.75, 3.05) is 30.8 Å². The monoisotopic (exact) mass is 277 g/mol. The second-order valence-electron chi connectivity index (χ2n) is 4.18. The molecule has 108 valence electrons. The minimum atomic E-state index is 0.174.